The van der Waals surface area contributed by atoms with Gasteiger partial charge in [-0.25, -0.2) is 4.98 Å². The normalized spacial score (nSPS) is 10.9. The van der Waals surface area contributed by atoms with Crippen LogP contribution in [0.5, 0.6) is 5.75 Å². The Balaban J connectivity index is 1.40. The second-order valence-corrected chi connectivity index (χ2v) is 8.18. The van der Waals surface area contributed by atoms with Gasteiger partial charge in [0.15, 0.2) is 17.0 Å². The number of benzene rings is 1. The van der Waals surface area contributed by atoms with E-state index < -0.39 is 0 Å². The van der Waals surface area contributed by atoms with Gasteiger partial charge in [-0.05, 0) is 47.2 Å². The molecular weight excluding hydrogens is 434 g/mol. The second-order valence-electron chi connectivity index (χ2n) is 7.40. The fourth-order valence-corrected chi connectivity index (χ4v) is 4.12. The molecule has 0 aliphatic carbocycles. The lowest BCUT2D eigenvalue weighted by Crippen LogP contribution is -2.11. The molecule has 8 nitrogen and oxygen atoms in total. The maximum absolute atomic E-state index is 5.24. The summed E-state index contributed by atoms with van der Waals surface area (Å²) in [6, 6.07) is 14.1. The summed E-state index contributed by atoms with van der Waals surface area (Å²) in [4.78, 5) is 18.3. The number of rotatable bonds is 9. The van der Waals surface area contributed by atoms with Crippen LogP contribution in [0.15, 0.2) is 71.9 Å². The predicted octanol–water partition coefficient (Wildman–Crippen LogP) is 4.55. The Bertz CT molecular complexity index is 1320. The number of imidazole rings is 1. The van der Waals surface area contributed by atoms with Crippen molar-refractivity contribution in [3.63, 3.8) is 0 Å². The molecule has 0 saturated heterocycles. The molecule has 9 heteroatoms. The van der Waals surface area contributed by atoms with Crippen molar-refractivity contribution in [2.45, 2.75) is 13.0 Å². The molecule has 2 N–H and O–H groups in total. The molecule has 0 saturated carbocycles. The van der Waals surface area contributed by atoms with Crippen molar-refractivity contribution in [3.8, 4) is 11.4 Å². The van der Waals surface area contributed by atoms with E-state index >= 15 is 0 Å². The van der Waals surface area contributed by atoms with Crippen LogP contribution in [0.4, 0.5) is 11.8 Å². The fourth-order valence-electron chi connectivity index (χ4n) is 3.49. The van der Waals surface area contributed by atoms with Crippen LogP contribution in [0.1, 0.15) is 11.1 Å². The molecule has 33 heavy (non-hydrogen) atoms. The van der Waals surface area contributed by atoms with E-state index in [1.165, 1.54) is 5.56 Å². The summed E-state index contributed by atoms with van der Waals surface area (Å²) in [6.45, 7) is 1.29. The zero-order valence-corrected chi connectivity index (χ0v) is 18.9. The van der Waals surface area contributed by atoms with Crippen molar-refractivity contribution in [1.82, 2.24) is 24.5 Å². The predicted molar refractivity (Wildman–Crippen MR) is 131 cm³/mol. The lowest BCUT2D eigenvalue weighted by Gasteiger charge is -2.11. The molecule has 1 aromatic carbocycles. The molecule has 0 radical (unpaired) electrons. The van der Waals surface area contributed by atoms with E-state index in [0.717, 1.165) is 34.6 Å². The topological polar surface area (TPSA) is 89.8 Å². The molecule has 5 aromatic rings. The number of hydrogen-bond donors (Lipinski definition) is 2. The first-order chi connectivity index (χ1) is 16.3. The number of nitrogens with zero attached hydrogens (tertiary/aromatic N) is 5. The maximum Gasteiger partial charge on any atom is 0.227 e. The molecular formula is C24H23N7OS. The molecule has 0 aliphatic rings. The summed E-state index contributed by atoms with van der Waals surface area (Å²) in [6.07, 6.45) is 6.23. The second kappa shape index (κ2) is 9.66. The van der Waals surface area contributed by atoms with Crippen LogP contribution in [0.2, 0.25) is 0 Å². The van der Waals surface area contributed by atoms with Crippen molar-refractivity contribution >= 4 is 34.3 Å². The highest BCUT2D eigenvalue weighted by Gasteiger charge is 2.14. The lowest BCUT2D eigenvalue weighted by atomic mass is 10.1. The molecule has 0 unspecified atom stereocenters. The van der Waals surface area contributed by atoms with Gasteiger partial charge in [0, 0.05) is 30.9 Å². The minimum absolute atomic E-state index is 0.537. The Kier molecular flexibility index (Phi) is 6.12. The summed E-state index contributed by atoms with van der Waals surface area (Å²) in [5.41, 5.74) is 4.80. The van der Waals surface area contributed by atoms with Crippen LogP contribution in [0.3, 0.4) is 0 Å². The SMILES string of the molecule is COc1ccc(CCNc2nc(NCc3cccnc3)nc3c2ncn3-c2ccsc2)cc1. The van der Waals surface area contributed by atoms with Gasteiger partial charge in [0.05, 0.1) is 12.8 Å². The highest BCUT2D eigenvalue weighted by Crippen LogP contribution is 2.25. The van der Waals surface area contributed by atoms with Crippen molar-refractivity contribution in [2.24, 2.45) is 0 Å². The molecule has 0 fully saturated rings. The van der Waals surface area contributed by atoms with Crippen LogP contribution in [-0.4, -0.2) is 38.2 Å². The summed E-state index contributed by atoms with van der Waals surface area (Å²) in [7, 11) is 1.67. The number of hydrogen-bond acceptors (Lipinski definition) is 8. The number of thiophene rings is 1. The Morgan fingerprint density at radius 1 is 1.03 bits per heavy atom. The average Bonchev–Trinajstić information content (AvgIpc) is 3.54. The van der Waals surface area contributed by atoms with Gasteiger partial charge in [-0.1, -0.05) is 18.2 Å². The fraction of sp³-hybridized carbons (Fsp3) is 0.167. The zero-order chi connectivity index (χ0) is 22.5. The zero-order valence-electron chi connectivity index (χ0n) is 18.1. The van der Waals surface area contributed by atoms with Crippen molar-refractivity contribution in [3.05, 3.63) is 83.1 Å². The average molecular weight is 458 g/mol. The summed E-state index contributed by atoms with van der Waals surface area (Å²) in [5.74, 6) is 2.10. The number of nitrogens with one attached hydrogen (secondary N) is 2. The molecule has 0 amide bonds. The molecule has 0 bridgehead atoms. The third-order valence-corrected chi connectivity index (χ3v) is 5.89. The van der Waals surface area contributed by atoms with Crippen molar-refractivity contribution in [2.75, 3.05) is 24.3 Å². The largest absolute Gasteiger partial charge is 0.497 e. The third-order valence-electron chi connectivity index (χ3n) is 5.22. The van der Waals surface area contributed by atoms with E-state index in [1.807, 2.05) is 46.5 Å². The first-order valence-corrected chi connectivity index (χ1v) is 11.5. The van der Waals surface area contributed by atoms with E-state index in [0.29, 0.717) is 24.9 Å². The van der Waals surface area contributed by atoms with Gasteiger partial charge < -0.3 is 15.4 Å². The van der Waals surface area contributed by atoms with E-state index in [-0.39, 0.29) is 0 Å². The van der Waals surface area contributed by atoms with Gasteiger partial charge in [0.1, 0.15) is 12.1 Å². The molecule has 4 aromatic heterocycles. The Labute approximate surface area is 195 Å². The molecule has 0 aliphatic heterocycles. The van der Waals surface area contributed by atoms with Crippen LogP contribution in [-0.2, 0) is 13.0 Å². The van der Waals surface area contributed by atoms with Crippen LogP contribution in [0.25, 0.3) is 16.9 Å². The van der Waals surface area contributed by atoms with E-state index in [4.69, 9.17) is 14.7 Å². The summed E-state index contributed by atoms with van der Waals surface area (Å²) in [5, 5.41) is 10.9. The van der Waals surface area contributed by atoms with Crippen molar-refractivity contribution in [1.29, 1.82) is 0 Å². The number of fused-ring (bicyclic) bond motifs is 1. The first-order valence-electron chi connectivity index (χ1n) is 10.6. The lowest BCUT2D eigenvalue weighted by molar-refractivity contribution is 0.414. The quantitative estimate of drug-likeness (QED) is 0.336. The maximum atomic E-state index is 5.24. The monoisotopic (exact) mass is 457 g/mol. The number of methoxy groups -OCH3 is 1. The first kappa shape index (κ1) is 20.9. The van der Waals surface area contributed by atoms with Gasteiger partial charge in [0.2, 0.25) is 5.95 Å². The van der Waals surface area contributed by atoms with E-state index in [9.17, 15) is 0 Å². The van der Waals surface area contributed by atoms with Gasteiger partial charge >= 0.3 is 0 Å². The Morgan fingerprint density at radius 3 is 2.70 bits per heavy atom. The van der Waals surface area contributed by atoms with Gasteiger partial charge in [-0.15, -0.1) is 0 Å². The minimum Gasteiger partial charge on any atom is -0.497 e. The molecule has 0 spiro atoms. The van der Waals surface area contributed by atoms with Gasteiger partial charge in [-0.2, -0.15) is 21.3 Å². The number of anilines is 2. The molecule has 166 valence electrons. The summed E-state index contributed by atoms with van der Waals surface area (Å²) < 4.78 is 7.22. The van der Waals surface area contributed by atoms with Crippen LogP contribution in [0, 0.1) is 0 Å². The highest BCUT2D eigenvalue weighted by atomic mass is 32.1. The Hall–Kier alpha value is -3.98. The number of pyridine rings is 1. The van der Waals surface area contributed by atoms with Gasteiger partial charge in [0.25, 0.3) is 0 Å². The third kappa shape index (κ3) is 4.78. The van der Waals surface area contributed by atoms with Crippen LogP contribution >= 0.6 is 11.3 Å². The standard InChI is InChI=1S/C24H23N7OS/c1-32-20-6-4-17(5-7-20)8-11-26-22-21-23(31(16-28-21)19-9-12-33-15-19)30-24(29-22)27-14-18-3-2-10-25-13-18/h2-7,9-10,12-13,15-16H,8,11,14H2,1H3,(H2,26,27,29,30). The smallest absolute Gasteiger partial charge is 0.227 e. The van der Waals surface area contributed by atoms with Crippen LogP contribution < -0.4 is 15.4 Å². The van der Waals surface area contributed by atoms with E-state index in [1.54, 1.807) is 31.0 Å². The van der Waals surface area contributed by atoms with Crippen molar-refractivity contribution < 1.29 is 4.74 Å². The number of ether oxygens (including phenoxy) is 1. The van der Waals surface area contributed by atoms with E-state index in [2.05, 4.69) is 38.1 Å². The summed E-state index contributed by atoms with van der Waals surface area (Å²) >= 11 is 1.64. The Morgan fingerprint density at radius 2 is 1.94 bits per heavy atom. The molecule has 4 heterocycles. The minimum atomic E-state index is 0.537. The molecule has 0 atom stereocenters. The molecule has 5 rings (SSSR count). The number of aromatic nitrogens is 5. The highest BCUT2D eigenvalue weighted by molar-refractivity contribution is 7.08. The van der Waals surface area contributed by atoms with Gasteiger partial charge in [-0.3, -0.25) is 9.55 Å².